The normalized spacial score (nSPS) is 12.8. The first-order valence-electron chi connectivity index (χ1n) is 4.77. The predicted octanol–water partition coefficient (Wildman–Crippen LogP) is 2.45. The van der Waals surface area contributed by atoms with E-state index in [1.807, 2.05) is 6.41 Å². The van der Waals surface area contributed by atoms with E-state index >= 15 is 0 Å². The molecule has 0 spiro atoms. The first-order chi connectivity index (χ1) is 5.64. The summed E-state index contributed by atoms with van der Waals surface area (Å²) in [6.07, 6.45) is 2.00. The first-order valence-corrected chi connectivity index (χ1v) is 4.77. The third-order valence-electron chi connectivity index (χ3n) is 1.46. The molecule has 0 atom stereocenters. The Morgan fingerprint density at radius 1 is 0.923 bits per heavy atom. The molecule has 1 amide bonds. The summed E-state index contributed by atoms with van der Waals surface area (Å²) in [6, 6.07) is 0. The van der Waals surface area contributed by atoms with Crippen LogP contribution in [-0.4, -0.2) is 24.4 Å². The highest BCUT2D eigenvalue weighted by molar-refractivity contribution is 5.48. The molecule has 0 aromatic carbocycles. The second-order valence-electron chi connectivity index (χ2n) is 6.07. The number of carbonyl (C=O) groups excluding carboxylic acids is 1. The molecule has 0 heterocycles. The molecule has 0 bridgehead atoms. The van der Waals surface area contributed by atoms with Gasteiger partial charge in [0.25, 0.3) is 0 Å². The van der Waals surface area contributed by atoms with Gasteiger partial charge in [0, 0.05) is 13.1 Å². The van der Waals surface area contributed by atoms with E-state index in [1.54, 1.807) is 4.90 Å². The van der Waals surface area contributed by atoms with Crippen LogP contribution in [-0.2, 0) is 4.79 Å². The highest BCUT2D eigenvalue weighted by Crippen LogP contribution is 2.19. The fourth-order valence-electron chi connectivity index (χ4n) is 1.27. The average molecular weight is 184 g/mol. The summed E-state index contributed by atoms with van der Waals surface area (Å²) in [5.41, 5.74) is 0.311. The SMILES string of the molecule is CC(C)(C)CN([C]=O)CC(C)(C)C. The Hall–Kier alpha value is -0.530. The van der Waals surface area contributed by atoms with Gasteiger partial charge in [0.2, 0.25) is 0 Å². The zero-order chi connectivity index (χ0) is 10.7. The van der Waals surface area contributed by atoms with E-state index in [0.717, 1.165) is 13.1 Å². The lowest BCUT2D eigenvalue weighted by atomic mass is 9.92. The maximum atomic E-state index is 10.7. The third-order valence-corrected chi connectivity index (χ3v) is 1.46. The van der Waals surface area contributed by atoms with Gasteiger partial charge in [-0.05, 0) is 10.8 Å². The van der Waals surface area contributed by atoms with E-state index in [4.69, 9.17) is 0 Å². The second-order valence-corrected chi connectivity index (χ2v) is 6.07. The Morgan fingerprint density at radius 3 is 1.38 bits per heavy atom. The average Bonchev–Trinajstić information content (AvgIpc) is 1.79. The summed E-state index contributed by atoms with van der Waals surface area (Å²) in [4.78, 5) is 12.4. The number of hydrogen-bond donors (Lipinski definition) is 0. The molecule has 0 saturated carbocycles. The monoisotopic (exact) mass is 184 g/mol. The lowest BCUT2D eigenvalue weighted by molar-refractivity contribution is 0.207. The van der Waals surface area contributed by atoms with E-state index in [-0.39, 0.29) is 10.8 Å². The molecule has 0 aliphatic rings. The predicted molar refractivity (Wildman–Crippen MR) is 56.2 cm³/mol. The fraction of sp³-hybridized carbons (Fsp3) is 0.909. The van der Waals surface area contributed by atoms with Crippen molar-refractivity contribution in [2.24, 2.45) is 10.8 Å². The zero-order valence-corrected chi connectivity index (χ0v) is 9.77. The Morgan fingerprint density at radius 2 is 1.23 bits per heavy atom. The van der Waals surface area contributed by atoms with Crippen molar-refractivity contribution in [3.8, 4) is 0 Å². The molecule has 0 aliphatic heterocycles. The molecule has 0 aromatic heterocycles. The number of nitrogens with zero attached hydrogens (tertiary/aromatic N) is 1. The van der Waals surface area contributed by atoms with Crippen LogP contribution in [0.25, 0.3) is 0 Å². The summed E-state index contributed by atoms with van der Waals surface area (Å²) in [6.45, 7) is 14.3. The van der Waals surface area contributed by atoms with Crippen LogP contribution < -0.4 is 0 Å². The largest absolute Gasteiger partial charge is 0.333 e. The smallest absolute Gasteiger partial charge is 0.312 e. The molecule has 13 heavy (non-hydrogen) atoms. The molecule has 1 radical (unpaired) electrons. The lowest BCUT2D eigenvalue weighted by Crippen LogP contribution is -2.37. The van der Waals surface area contributed by atoms with Gasteiger partial charge in [0.15, 0.2) is 0 Å². The summed E-state index contributed by atoms with van der Waals surface area (Å²) in [7, 11) is 0. The van der Waals surface area contributed by atoms with Gasteiger partial charge in [-0.15, -0.1) is 0 Å². The van der Waals surface area contributed by atoms with Crippen LogP contribution >= 0.6 is 0 Å². The van der Waals surface area contributed by atoms with Crippen LogP contribution in [0.3, 0.4) is 0 Å². The highest BCUT2D eigenvalue weighted by atomic mass is 16.1. The van der Waals surface area contributed by atoms with Gasteiger partial charge in [0.1, 0.15) is 0 Å². The van der Waals surface area contributed by atoms with Gasteiger partial charge >= 0.3 is 6.41 Å². The van der Waals surface area contributed by atoms with Gasteiger partial charge in [-0.2, -0.15) is 0 Å². The molecule has 0 unspecified atom stereocenters. The van der Waals surface area contributed by atoms with Crippen molar-refractivity contribution in [2.45, 2.75) is 41.5 Å². The standard InChI is InChI=1S/C11H22NO/c1-10(2,3)7-12(9-13)8-11(4,5)6/h7-8H2,1-6H3. The van der Waals surface area contributed by atoms with E-state index in [1.165, 1.54) is 0 Å². The van der Waals surface area contributed by atoms with Gasteiger partial charge in [-0.1, -0.05) is 41.5 Å². The minimum Gasteiger partial charge on any atom is -0.333 e. The molecule has 0 aliphatic carbocycles. The van der Waals surface area contributed by atoms with Gasteiger partial charge < -0.3 is 4.90 Å². The van der Waals surface area contributed by atoms with Gasteiger partial charge in [0.05, 0.1) is 0 Å². The molecule has 0 aromatic rings. The summed E-state index contributed by atoms with van der Waals surface area (Å²) >= 11 is 0. The van der Waals surface area contributed by atoms with Crippen molar-refractivity contribution < 1.29 is 4.79 Å². The van der Waals surface area contributed by atoms with Crippen LogP contribution in [0.1, 0.15) is 41.5 Å². The quantitative estimate of drug-likeness (QED) is 0.617. The number of amides is 1. The lowest BCUT2D eigenvalue weighted by Gasteiger charge is -2.31. The molecule has 77 valence electrons. The fourth-order valence-corrected chi connectivity index (χ4v) is 1.27. The van der Waals surface area contributed by atoms with Crippen molar-refractivity contribution in [1.29, 1.82) is 0 Å². The Bertz CT molecular complexity index is 146. The Balaban J connectivity index is 4.13. The minimum absolute atomic E-state index is 0.155. The van der Waals surface area contributed by atoms with E-state index in [0.29, 0.717) is 0 Å². The molecule has 2 heteroatoms. The number of rotatable bonds is 3. The molecular formula is C11H22NO. The minimum atomic E-state index is 0.155. The molecule has 0 rings (SSSR count). The second kappa shape index (κ2) is 4.12. The van der Waals surface area contributed by atoms with Crippen LogP contribution in [0.5, 0.6) is 0 Å². The molecule has 2 nitrogen and oxygen atoms in total. The summed E-state index contributed by atoms with van der Waals surface area (Å²) in [5.74, 6) is 0. The van der Waals surface area contributed by atoms with Crippen LogP contribution in [0.15, 0.2) is 0 Å². The Kier molecular flexibility index (Phi) is 3.95. The van der Waals surface area contributed by atoms with Crippen molar-refractivity contribution in [1.82, 2.24) is 4.90 Å². The van der Waals surface area contributed by atoms with Crippen LogP contribution in [0.2, 0.25) is 0 Å². The third kappa shape index (κ3) is 7.82. The topological polar surface area (TPSA) is 20.3 Å². The zero-order valence-electron chi connectivity index (χ0n) is 9.77. The maximum absolute atomic E-state index is 10.7. The van der Waals surface area contributed by atoms with E-state index < -0.39 is 0 Å². The van der Waals surface area contributed by atoms with Crippen molar-refractivity contribution >= 4 is 6.41 Å². The van der Waals surface area contributed by atoms with Crippen molar-refractivity contribution in [3.05, 3.63) is 0 Å². The summed E-state index contributed by atoms with van der Waals surface area (Å²) < 4.78 is 0. The summed E-state index contributed by atoms with van der Waals surface area (Å²) in [5, 5.41) is 0. The Labute approximate surface area is 82.3 Å². The maximum Gasteiger partial charge on any atom is 0.312 e. The van der Waals surface area contributed by atoms with E-state index in [9.17, 15) is 4.79 Å². The molecule has 0 saturated heterocycles. The van der Waals surface area contributed by atoms with Gasteiger partial charge in [-0.3, -0.25) is 4.79 Å². The van der Waals surface area contributed by atoms with Crippen LogP contribution in [0.4, 0.5) is 0 Å². The molecule has 0 fully saturated rings. The first kappa shape index (κ1) is 12.5. The highest BCUT2D eigenvalue weighted by Gasteiger charge is 2.20. The van der Waals surface area contributed by atoms with Crippen LogP contribution in [0, 0.1) is 10.8 Å². The number of hydrogen-bond acceptors (Lipinski definition) is 1. The van der Waals surface area contributed by atoms with Gasteiger partial charge in [-0.25, -0.2) is 0 Å². The molecule has 0 N–H and O–H groups in total. The molecular weight excluding hydrogens is 162 g/mol. The van der Waals surface area contributed by atoms with Crippen molar-refractivity contribution in [2.75, 3.05) is 13.1 Å². The van der Waals surface area contributed by atoms with Crippen molar-refractivity contribution in [3.63, 3.8) is 0 Å². The van der Waals surface area contributed by atoms with E-state index in [2.05, 4.69) is 41.5 Å².